The van der Waals surface area contributed by atoms with Crippen LogP contribution >= 0.6 is 11.3 Å². The van der Waals surface area contributed by atoms with E-state index in [1.165, 1.54) is 47.4 Å². The number of hydrogen-bond donors (Lipinski definition) is 0. The summed E-state index contributed by atoms with van der Waals surface area (Å²) >= 11 is 1.50. The zero-order valence-corrected chi connectivity index (χ0v) is 15.7. The van der Waals surface area contributed by atoms with Gasteiger partial charge in [-0.3, -0.25) is 0 Å². The summed E-state index contributed by atoms with van der Waals surface area (Å²) in [6.45, 7) is 2.16. The summed E-state index contributed by atoms with van der Waals surface area (Å²) < 4.78 is 40.7. The van der Waals surface area contributed by atoms with Gasteiger partial charge in [-0.2, -0.15) is 0 Å². The van der Waals surface area contributed by atoms with Gasteiger partial charge in [-0.1, -0.05) is 43.2 Å². The van der Waals surface area contributed by atoms with Gasteiger partial charge >= 0.3 is 0 Å². The number of rotatable bonds is 7. The van der Waals surface area contributed by atoms with Crippen molar-refractivity contribution in [2.45, 2.75) is 32.6 Å². The van der Waals surface area contributed by atoms with Gasteiger partial charge in [0.05, 0.1) is 0 Å². The number of nitrogens with zero attached hydrogens (tertiary/aromatic N) is 2. The Labute approximate surface area is 160 Å². The molecule has 0 saturated carbocycles. The number of aliphatic imine (C=N–C) groups is 1. The molecule has 0 unspecified atom stereocenters. The number of thiazole rings is 1. The Bertz CT molecular complexity index is 950. The molecular weight excluding hydrogens is 369 g/mol. The van der Waals surface area contributed by atoms with Crippen molar-refractivity contribution in [1.29, 1.82) is 0 Å². The lowest BCUT2D eigenvalue weighted by Gasteiger charge is -2.04. The predicted octanol–water partition coefficient (Wildman–Crippen LogP) is 6.71. The molecule has 0 radical (unpaired) electrons. The molecule has 0 saturated heterocycles. The highest BCUT2D eigenvalue weighted by Crippen LogP contribution is 2.25. The van der Waals surface area contributed by atoms with Gasteiger partial charge in [0.25, 0.3) is 0 Å². The first-order valence-electron chi connectivity index (χ1n) is 8.80. The van der Waals surface area contributed by atoms with Crippen LogP contribution in [0.15, 0.2) is 47.6 Å². The van der Waals surface area contributed by atoms with Gasteiger partial charge in [-0.25, -0.2) is 23.1 Å². The van der Waals surface area contributed by atoms with Crippen LogP contribution < -0.4 is 0 Å². The topological polar surface area (TPSA) is 25.2 Å². The van der Waals surface area contributed by atoms with Crippen molar-refractivity contribution >= 4 is 22.7 Å². The quantitative estimate of drug-likeness (QED) is 0.326. The number of aryl methyl sites for hydroxylation is 1. The molecule has 0 aliphatic carbocycles. The number of unbranched alkanes of at least 4 members (excludes halogenated alkanes) is 2. The Balaban J connectivity index is 1.72. The fraction of sp³-hybridized carbons (Fsp3) is 0.238. The zero-order chi connectivity index (χ0) is 19.2. The van der Waals surface area contributed by atoms with E-state index in [1.807, 2.05) is 6.20 Å². The van der Waals surface area contributed by atoms with Crippen LogP contribution in [0, 0.1) is 17.5 Å². The van der Waals surface area contributed by atoms with Crippen LogP contribution in [0.4, 0.5) is 18.3 Å². The average molecular weight is 388 g/mol. The first-order chi connectivity index (χ1) is 13.1. The third kappa shape index (κ3) is 5.04. The molecular formula is C21H19F3N2S. The second-order valence-corrected chi connectivity index (χ2v) is 7.28. The first kappa shape index (κ1) is 19.3. The summed E-state index contributed by atoms with van der Waals surface area (Å²) in [5, 5.41) is 0.589. The maximum Gasteiger partial charge on any atom is 0.209 e. The van der Waals surface area contributed by atoms with Gasteiger partial charge in [-0.05, 0) is 48.2 Å². The monoisotopic (exact) mass is 388 g/mol. The van der Waals surface area contributed by atoms with Gasteiger partial charge in [0.1, 0.15) is 5.82 Å². The van der Waals surface area contributed by atoms with E-state index in [9.17, 15) is 13.2 Å². The minimum atomic E-state index is -0.961. The molecule has 1 heterocycles. The molecule has 0 aliphatic rings. The SMILES string of the molecule is CCCCCc1cnc(/N=C/c2ccc(-c3ccc(F)c(F)c3)cc2F)s1. The van der Waals surface area contributed by atoms with Gasteiger partial charge in [0.15, 0.2) is 11.6 Å². The van der Waals surface area contributed by atoms with E-state index in [-0.39, 0.29) is 0 Å². The molecule has 0 N–H and O–H groups in total. The van der Waals surface area contributed by atoms with Crippen LogP contribution in [0.1, 0.15) is 36.6 Å². The van der Waals surface area contributed by atoms with E-state index in [0.29, 0.717) is 21.8 Å². The molecule has 6 heteroatoms. The van der Waals surface area contributed by atoms with Crippen molar-refractivity contribution in [2.75, 3.05) is 0 Å². The predicted molar refractivity (Wildman–Crippen MR) is 104 cm³/mol. The standard InChI is InChI=1S/C21H19F3N2S/c1-2-3-4-5-17-13-26-21(27-17)25-12-16-7-6-14(10-19(16)23)15-8-9-18(22)20(24)11-15/h6-13H,2-5H2,1H3/b25-12+. The number of benzene rings is 2. The summed E-state index contributed by atoms with van der Waals surface area (Å²) in [5.41, 5.74) is 1.19. The number of halogens is 3. The largest absolute Gasteiger partial charge is 0.227 e. The zero-order valence-electron chi connectivity index (χ0n) is 14.9. The second kappa shape index (κ2) is 8.95. The van der Waals surface area contributed by atoms with Crippen molar-refractivity contribution in [3.63, 3.8) is 0 Å². The highest BCUT2D eigenvalue weighted by molar-refractivity contribution is 7.15. The van der Waals surface area contributed by atoms with Gasteiger partial charge in [-0.15, -0.1) is 0 Å². The van der Waals surface area contributed by atoms with E-state index in [2.05, 4.69) is 16.9 Å². The lowest BCUT2D eigenvalue weighted by atomic mass is 10.0. The van der Waals surface area contributed by atoms with E-state index in [1.54, 1.807) is 12.1 Å². The Morgan fingerprint density at radius 1 is 0.963 bits per heavy atom. The van der Waals surface area contributed by atoms with E-state index >= 15 is 0 Å². The summed E-state index contributed by atoms with van der Waals surface area (Å²) in [6.07, 6.45) is 7.71. The van der Waals surface area contributed by atoms with Crippen LogP contribution in [0.3, 0.4) is 0 Å². The van der Waals surface area contributed by atoms with Gasteiger partial charge in [0, 0.05) is 22.9 Å². The minimum absolute atomic E-state index is 0.309. The van der Waals surface area contributed by atoms with Crippen LogP contribution in [0.2, 0.25) is 0 Å². The molecule has 3 rings (SSSR count). The Morgan fingerprint density at radius 2 is 1.70 bits per heavy atom. The van der Waals surface area contributed by atoms with E-state index in [4.69, 9.17) is 0 Å². The molecule has 0 spiro atoms. The molecule has 0 bridgehead atoms. The number of aromatic nitrogens is 1. The molecule has 0 fully saturated rings. The first-order valence-corrected chi connectivity index (χ1v) is 9.62. The number of hydrogen-bond acceptors (Lipinski definition) is 3. The summed E-state index contributed by atoms with van der Waals surface area (Å²) in [4.78, 5) is 9.66. The molecule has 2 nitrogen and oxygen atoms in total. The van der Waals surface area contributed by atoms with E-state index < -0.39 is 17.5 Å². The van der Waals surface area contributed by atoms with Crippen LogP contribution in [-0.4, -0.2) is 11.2 Å². The van der Waals surface area contributed by atoms with Gasteiger partial charge in [0.2, 0.25) is 5.13 Å². The molecule has 27 heavy (non-hydrogen) atoms. The lowest BCUT2D eigenvalue weighted by molar-refractivity contribution is 0.509. The van der Waals surface area contributed by atoms with Crippen LogP contribution in [0.5, 0.6) is 0 Å². The molecule has 0 atom stereocenters. The van der Waals surface area contributed by atoms with Gasteiger partial charge < -0.3 is 0 Å². The lowest BCUT2D eigenvalue weighted by Crippen LogP contribution is -1.91. The third-order valence-corrected chi connectivity index (χ3v) is 5.10. The fourth-order valence-electron chi connectivity index (χ4n) is 2.63. The Hall–Kier alpha value is -2.47. The molecule has 140 valence electrons. The molecule has 0 aliphatic heterocycles. The summed E-state index contributed by atoms with van der Waals surface area (Å²) in [6, 6.07) is 7.98. The Morgan fingerprint density at radius 3 is 2.41 bits per heavy atom. The van der Waals surface area contributed by atoms with Crippen LogP contribution in [0.25, 0.3) is 11.1 Å². The fourth-order valence-corrected chi connectivity index (χ4v) is 3.43. The molecule has 1 aromatic heterocycles. The highest BCUT2D eigenvalue weighted by Gasteiger charge is 2.08. The van der Waals surface area contributed by atoms with Crippen molar-refractivity contribution in [3.8, 4) is 11.1 Å². The summed E-state index contributed by atoms with van der Waals surface area (Å²) in [7, 11) is 0. The Kier molecular flexibility index (Phi) is 6.40. The molecule has 0 amide bonds. The molecule has 2 aromatic carbocycles. The highest BCUT2D eigenvalue weighted by atomic mass is 32.1. The maximum absolute atomic E-state index is 14.4. The third-order valence-electron chi connectivity index (χ3n) is 4.14. The van der Waals surface area contributed by atoms with Crippen molar-refractivity contribution in [2.24, 2.45) is 4.99 Å². The van der Waals surface area contributed by atoms with Crippen molar-refractivity contribution in [3.05, 3.63) is 70.5 Å². The van der Waals surface area contributed by atoms with Crippen LogP contribution in [-0.2, 0) is 6.42 Å². The van der Waals surface area contributed by atoms with E-state index in [0.717, 1.165) is 25.0 Å². The minimum Gasteiger partial charge on any atom is -0.227 e. The maximum atomic E-state index is 14.4. The van der Waals surface area contributed by atoms with Crippen molar-refractivity contribution < 1.29 is 13.2 Å². The average Bonchev–Trinajstić information content (AvgIpc) is 3.11. The second-order valence-electron chi connectivity index (χ2n) is 6.19. The van der Waals surface area contributed by atoms with Crippen molar-refractivity contribution in [1.82, 2.24) is 4.98 Å². The smallest absolute Gasteiger partial charge is 0.209 e. The molecule has 3 aromatic rings. The summed E-state index contributed by atoms with van der Waals surface area (Å²) in [5.74, 6) is -2.38. The normalized spacial score (nSPS) is 11.4.